The molecule has 0 radical (unpaired) electrons. The molecule has 8 bridgehead atoms. The molecule has 4 aromatic heterocycles. The summed E-state index contributed by atoms with van der Waals surface area (Å²) in [6, 6.07) is 16.1. The van der Waals surface area contributed by atoms with Gasteiger partial charge in [-0.05, 0) is 125 Å². The number of hydrogen-bond acceptors (Lipinski definition) is 18. The van der Waals surface area contributed by atoms with Gasteiger partial charge in [0, 0.05) is 111 Å². The van der Waals surface area contributed by atoms with Gasteiger partial charge >= 0.3 is 63.3 Å². The zero-order valence-corrected chi connectivity index (χ0v) is 64.4. The Labute approximate surface area is 682 Å². The molecule has 8 fully saturated rings. The summed E-state index contributed by atoms with van der Waals surface area (Å²) < 4.78 is 71.0. The average Bonchev–Trinajstić information content (AvgIpc) is 1.63. The van der Waals surface area contributed by atoms with E-state index in [0.717, 1.165) is 101 Å². The van der Waals surface area contributed by atoms with Gasteiger partial charge in [0.25, 0.3) is 35.4 Å². The zero-order chi connectivity index (χ0) is 78.0. The van der Waals surface area contributed by atoms with Crippen molar-refractivity contribution in [3.8, 4) is 23.0 Å². The van der Waals surface area contributed by atoms with Crippen molar-refractivity contribution in [3.05, 3.63) is 217 Å². The number of aromatic nitrogens is 4. The van der Waals surface area contributed by atoms with Crippen LogP contribution in [0.4, 0.5) is 17.6 Å². The van der Waals surface area contributed by atoms with Crippen LogP contribution >= 0.6 is 0 Å². The van der Waals surface area contributed by atoms with Crippen molar-refractivity contribution in [2.24, 2.45) is 23.7 Å². The summed E-state index contributed by atoms with van der Waals surface area (Å²) in [4.78, 5) is 158. The van der Waals surface area contributed by atoms with Crippen LogP contribution in [0, 0.1) is 46.9 Å². The number of carboxylic acid groups (broad SMARTS) is 1. The van der Waals surface area contributed by atoms with E-state index in [0.29, 0.717) is 55.9 Å². The minimum atomic E-state index is -1.39. The Balaban J connectivity index is 0.000000127. The van der Waals surface area contributed by atoms with Crippen LogP contribution in [0.15, 0.2) is 111 Å². The number of esters is 1. The van der Waals surface area contributed by atoms with E-state index in [1.54, 1.807) is 25.9 Å². The first-order chi connectivity index (χ1) is 53.3. The molecule has 0 spiro atoms. The van der Waals surface area contributed by atoms with Gasteiger partial charge in [-0.15, -0.1) is 0 Å². The minimum Gasteiger partial charge on any atom is -0.870 e. The summed E-state index contributed by atoms with van der Waals surface area (Å²) in [5, 5.41) is 44.6. The second-order valence-corrected chi connectivity index (χ2v) is 30.5. The first kappa shape index (κ1) is 79.4. The molecule has 7 N–H and O–H groups in total. The number of aromatic carboxylic acids is 1. The van der Waals surface area contributed by atoms with E-state index in [1.807, 2.05) is 40.1 Å². The first-order valence-corrected chi connectivity index (χ1v) is 37.3. The van der Waals surface area contributed by atoms with E-state index < -0.39 is 91.5 Å². The quantitative estimate of drug-likeness (QED) is 0.0581. The molecular weight excluding hydrogens is 1510 g/mol. The smallest absolute Gasteiger partial charge is 0.870 e. The summed E-state index contributed by atoms with van der Waals surface area (Å²) in [6.45, 7) is 3.17. The van der Waals surface area contributed by atoms with Gasteiger partial charge in [0.15, 0.2) is 45.8 Å². The third-order valence-corrected chi connectivity index (χ3v) is 24.6. The summed E-state index contributed by atoms with van der Waals surface area (Å²) in [6.07, 6.45) is 17.2. The van der Waals surface area contributed by atoms with Crippen molar-refractivity contribution in [2.45, 2.75) is 178 Å². The first-order valence-electron chi connectivity index (χ1n) is 37.3. The number of ether oxygens (including phenoxy) is 2. The van der Waals surface area contributed by atoms with Crippen molar-refractivity contribution in [2.75, 3.05) is 6.61 Å². The maximum absolute atomic E-state index is 14.1. The third kappa shape index (κ3) is 13.9. The van der Waals surface area contributed by atoms with E-state index in [4.69, 9.17) is 14.6 Å². The van der Waals surface area contributed by atoms with Crippen LogP contribution in [0.2, 0.25) is 0 Å². The van der Waals surface area contributed by atoms with Gasteiger partial charge in [0.2, 0.25) is 21.7 Å². The maximum atomic E-state index is 14.1. The van der Waals surface area contributed by atoms with E-state index in [-0.39, 0.29) is 211 Å². The topological polar surface area (TPSA) is 391 Å². The fourth-order valence-corrected chi connectivity index (χ4v) is 19.5. The molecule has 7 aromatic rings. The Morgan fingerprint density at radius 1 is 0.460 bits per heavy atom. The molecule has 12 aliphatic rings. The Bertz CT molecular complexity index is 5410. The molecule has 6 amide bonds. The molecule has 29 nitrogen and oxygen atoms in total. The van der Waals surface area contributed by atoms with Gasteiger partial charge in [0.05, 0.1) is 30.8 Å². The van der Waals surface area contributed by atoms with Crippen LogP contribution in [-0.4, -0.2) is 166 Å². The maximum Gasteiger partial charge on any atom is 1.00 e. The van der Waals surface area contributed by atoms with Crippen LogP contribution in [-0.2, 0) is 50.6 Å². The average molecular weight is 1590 g/mol. The summed E-state index contributed by atoms with van der Waals surface area (Å²) in [5.41, 5.74) is -3.80. The van der Waals surface area contributed by atoms with Crippen LogP contribution in [0.25, 0.3) is 0 Å². The van der Waals surface area contributed by atoms with Gasteiger partial charge in [-0.25, -0.2) is 27.2 Å². The Kier molecular flexibility index (Phi) is 22.0. The number of carboxylic acids is 1. The van der Waals surface area contributed by atoms with Crippen molar-refractivity contribution >= 4 is 47.4 Å². The van der Waals surface area contributed by atoms with Gasteiger partial charge in [-0.3, -0.25) is 47.9 Å². The number of nitrogens with zero attached hydrogens (tertiary/aromatic N) is 8. The number of carbonyl (C=O) groups excluding carboxylic acids is 7. The zero-order valence-electron chi connectivity index (χ0n) is 61.3. The number of fused-ring (bicyclic) bond motifs is 24. The summed E-state index contributed by atoms with van der Waals surface area (Å²) >= 11 is 0. The van der Waals surface area contributed by atoms with Crippen LogP contribution < -0.4 is 88.5 Å². The summed E-state index contributed by atoms with van der Waals surface area (Å²) in [7, 11) is 0. The fraction of sp³-hybridized carbons (Fsp3) is 0.418. The molecule has 3 aromatic carbocycles. The number of amides is 6. The number of pyridine rings is 4. The molecule has 12 atom stereocenters. The van der Waals surface area contributed by atoms with Gasteiger partial charge in [-0.1, -0.05) is 42.5 Å². The minimum absolute atomic E-state index is 0. The molecule has 4 saturated carbocycles. The van der Waals surface area contributed by atoms with Crippen LogP contribution in [0.5, 0.6) is 23.0 Å². The monoisotopic (exact) mass is 1580 g/mol. The van der Waals surface area contributed by atoms with Crippen molar-refractivity contribution < 1.29 is 143 Å². The number of rotatable bonds is 12. The number of nitrogens with one attached hydrogen (secondary N) is 2. The molecule has 4 saturated heterocycles. The summed E-state index contributed by atoms with van der Waals surface area (Å²) in [5.74, 6) is -8.69. The fourth-order valence-electron chi connectivity index (χ4n) is 19.5. The van der Waals surface area contributed by atoms with Gasteiger partial charge in [0.1, 0.15) is 52.1 Å². The molecule has 4 aliphatic carbocycles. The van der Waals surface area contributed by atoms with E-state index in [9.17, 15) is 90.4 Å². The van der Waals surface area contributed by atoms with Crippen molar-refractivity contribution in [1.29, 1.82) is 0 Å². The molecular formula is C79H77F4KN10O19. The van der Waals surface area contributed by atoms with Crippen LogP contribution in [0.1, 0.15) is 184 Å². The van der Waals surface area contributed by atoms with E-state index in [2.05, 4.69) is 10.6 Å². The Hall–Kier alpha value is -10.3. The second-order valence-electron chi connectivity index (χ2n) is 30.5. The molecule has 34 heteroatoms. The van der Waals surface area contributed by atoms with Crippen LogP contribution in [0.3, 0.4) is 0 Å². The predicted octanol–water partition coefficient (Wildman–Crippen LogP) is 3.23. The number of benzene rings is 3. The largest absolute Gasteiger partial charge is 1.00 e. The van der Waals surface area contributed by atoms with Gasteiger partial charge < -0.3 is 83.9 Å². The number of aromatic hydroxyl groups is 3. The Morgan fingerprint density at radius 3 is 1.19 bits per heavy atom. The number of piperidine rings is 4. The molecule has 586 valence electrons. The van der Waals surface area contributed by atoms with Crippen molar-refractivity contribution in [1.82, 2.24) is 48.5 Å². The third-order valence-electron chi connectivity index (χ3n) is 24.6. The van der Waals surface area contributed by atoms with Gasteiger partial charge in [-0.2, -0.15) is 0 Å². The van der Waals surface area contributed by atoms with E-state index >= 15 is 0 Å². The number of carbonyl (C=O) groups is 8. The second kappa shape index (κ2) is 31.3. The number of halogens is 4. The molecule has 0 unspecified atom stereocenters. The molecule has 113 heavy (non-hydrogen) atoms. The standard InChI is InChI=1S/C28H25F2N3O4.C21H19F2N3O4.C16H18N2O5.C14H14N2O5.K.H2O/c29-19-8-6-18(22(30)11-19)12-31-27(35)21-13-32-14-23-17-7-9-20(10-17)33(23)28(36)24(32)26(25(21)34)37-15-16-4-2-1-3-5-16;22-12-3-1-11(15(23)6-12)7-24-20(29)14-8-25-9-16-10-2-4-13(5-10)26(16)21(30)17(25)19(28)18(14)27;1-2-23-16(22)10-6-17-7-11-8-3-4-9(5-8)18(11)15(21)12(17)14(20)13(10)19;17-11-8(14(20)21)4-15-5-9-6-1-2-7(3-6)16(9)13(19)10(15)12(11)18;;/h1-6,8,11,13,17,20,23H,7,9-10,12,14-15H2,(H,31,35);1,3,6,8,10,13,16,28H,2,4-5,7,9H2,(H,24,29);6,8-9,11,20H,2-5,7H2,1H3;4,6-7,9,18H,1-3,5H2,(H,20,21);;1H2/q;;;;+1;/p-1/t17-,20+,23+;10-,13+,16+;8-,9+,11+;6-,7+,9+;;/m1111../s1. The molecule has 8 aliphatic heterocycles. The van der Waals surface area contributed by atoms with Crippen molar-refractivity contribution in [3.63, 3.8) is 0 Å². The predicted molar refractivity (Wildman–Crippen MR) is 383 cm³/mol. The van der Waals surface area contributed by atoms with E-state index in [1.165, 1.54) is 46.1 Å². The SMILES string of the molecule is CCOC(=O)c1cn2c(c(O)c1=O)C(=O)N1[C@H]3CC[C@H](C3)[C@@H]1C2.O=C(NCc1ccc(F)cc1F)c1cn2c(c(O)c1=O)C(=O)N1[C@H]3CC[C@H](C3)[C@@H]1C2.O=C(NCc1ccc(F)cc1F)c1cn2c(c(OCc3ccccc3)c1=O)C(=O)N1[C@H]3CC[C@H](C3)[C@@H]1C2.O=C(O)c1cn2c(c(O)c1=O)C(=O)N1[C@H]3CC[C@H](C3)[C@@H]1C2.[K+].[OH-]. The molecule has 19 rings (SSSR count). The number of hydrogen-bond donors (Lipinski definition) is 6. The normalized spacial score (nSPS) is 24.5. The molecule has 12 heterocycles. The Morgan fingerprint density at radius 2 is 0.805 bits per heavy atom.